The van der Waals surface area contributed by atoms with Crippen molar-refractivity contribution in [1.82, 2.24) is 0 Å². The van der Waals surface area contributed by atoms with Crippen molar-refractivity contribution in [2.75, 3.05) is 6.61 Å². The van der Waals surface area contributed by atoms with Gasteiger partial charge < -0.3 is 19.0 Å². The molecule has 2 heterocycles. The van der Waals surface area contributed by atoms with Gasteiger partial charge in [0.05, 0.1) is 31.3 Å². The molecule has 2 saturated heterocycles. The van der Waals surface area contributed by atoms with Crippen LogP contribution in [0.15, 0.2) is 0 Å². The summed E-state index contributed by atoms with van der Waals surface area (Å²) in [5.41, 5.74) is 0. The first-order chi connectivity index (χ1) is 9.56. The molecule has 0 aromatic rings. The summed E-state index contributed by atoms with van der Waals surface area (Å²) < 4.78 is 16.8. The lowest BCUT2D eigenvalue weighted by Crippen LogP contribution is -2.54. The van der Waals surface area contributed by atoms with Gasteiger partial charge in [0.1, 0.15) is 12.4 Å². The van der Waals surface area contributed by atoms with Crippen molar-refractivity contribution in [3.8, 4) is 0 Å². The van der Waals surface area contributed by atoms with Crippen molar-refractivity contribution in [3.63, 3.8) is 0 Å². The first-order valence-corrected chi connectivity index (χ1v) is 7.48. The lowest BCUT2D eigenvalue weighted by molar-refractivity contribution is -0.221. The molecular formula is C15H24O5. The fourth-order valence-electron chi connectivity index (χ4n) is 3.14. The van der Waals surface area contributed by atoms with Crippen LogP contribution >= 0.6 is 0 Å². The van der Waals surface area contributed by atoms with Crippen molar-refractivity contribution in [2.24, 2.45) is 11.8 Å². The Morgan fingerprint density at radius 1 is 1.25 bits per heavy atom. The summed E-state index contributed by atoms with van der Waals surface area (Å²) in [4.78, 5) is 22.6. The Labute approximate surface area is 120 Å². The van der Waals surface area contributed by atoms with Crippen molar-refractivity contribution < 1.29 is 23.8 Å². The highest BCUT2D eigenvalue weighted by Crippen LogP contribution is 2.38. The zero-order valence-electron chi connectivity index (χ0n) is 12.4. The first kappa shape index (κ1) is 15.4. The summed E-state index contributed by atoms with van der Waals surface area (Å²) in [5.74, 6) is 0.170. The van der Waals surface area contributed by atoms with Crippen LogP contribution in [0.4, 0.5) is 0 Å². The Hall–Kier alpha value is -0.940. The number of aldehydes is 1. The van der Waals surface area contributed by atoms with E-state index in [0.29, 0.717) is 13.0 Å². The van der Waals surface area contributed by atoms with Crippen LogP contribution in [0.5, 0.6) is 0 Å². The maximum atomic E-state index is 11.5. The SMILES string of the molecule is CCOC(=O)C[C@H]1CC[C@@H]2O[C@@H](C=O)[C@@H](C)[C@@H](C)[C@H]2O1. The van der Waals surface area contributed by atoms with Crippen molar-refractivity contribution in [3.05, 3.63) is 0 Å². The number of ether oxygens (including phenoxy) is 3. The first-order valence-electron chi connectivity index (χ1n) is 7.48. The molecule has 6 atom stereocenters. The molecule has 2 fully saturated rings. The predicted octanol–water partition coefficient (Wildman–Crippen LogP) is 1.73. The van der Waals surface area contributed by atoms with E-state index in [-0.39, 0.29) is 42.2 Å². The van der Waals surface area contributed by atoms with Crippen LogP contribution in [0.25, 0.3) is 0 Å². The second kappa shape index (κ2) is 6.68. The van der Waals surface area contributed by atoms with E-state index in [1.54, 1.807) is 6.92 Å². The fourth-order valence-corrected chi connectivity index (χ4v) is 3.14. The molecule has 114 valence electrons. The molecule has 2 aliphatic rings. The average molecular weight is 284 g/mol. The summed E-state index contributed by atoms with van der Waals surface area (Å²) in [7, 11) is 0. The van der Waals surface area contributed by atoms with E-state index >= 15 is 0 Å². The van der Waals surface area contributed by atoms with Crippen LogP contribution in [-0.4, -0.2) is 43.3 Å². The third kappa shape index (κ3) is 3.20. The van der Waals surface area contributed by atoms with Gasteiger partial charge in [-0.05, 0) is 31.6 Å². The topological polar surface area (TPSA) is 61.8 Å². The van der Waals surface area contributed by atoms with Crippen LogP contribution < -0.4 is 0 Å². The summed E-state index contributed by atoms with van der Waals surface area (Å²) in [6, 6.07) is 0. The Morgan fingerprint density at radius 3 is 2.65 bits per heavy atom. The minimum absolute atomic E-state index is 0.0326. The lowest BCUT2D eigenvalue weighted by atomic mass is 9.79. The third-order valence-corrected chi connectivity index (χ3v) is 4.52. The molecule has 0 spiro atoms. The summed E-state index contributed by atoms with van der Waals surface area (Å²) >= 11 is 0. The molecule has 5 heteroatoms. The minimum Gasteiger partial charge on any atom is -0.466 e. The quantitative estimate of drug-likeness (QED) is 0.581. The number of carbonyl (C=O) groups is 2. The standard InChI is InChI=1S/C15H24O5/c1-4-18-14(17)7-11-5-6-12-15(19-11)10(3)9(2)13(8-16)20-12/h8-13,15H,4-7H2,1-3H3/t9-,10+,11+,12-,13-,15+/m0/s1. The number of hydrogen-bond donors (Lipinski definition) is 0. The van der Waals surface area contributed by atoms with Crippen LogP contribution in [0.3, 0.4) is 0 Å². The van der Waals surface area contributed by atoms with Gasteiger partial charge in [-0.15, -0.1) is 0 Å². The maximum Gasteiger partial charge on any atom is 0.308 e. The van der Waals surface area contributed by atoms with Gasteiger partial charge in [0.25, 0.3) is 0 Å². The molecule has 0 amide bonds. The maximum absolute atomic E-state index is 11.5. The largest absolute Gasteiger partial charge is 0.466 e. The van der Waals surface area contributed by atoms with Gasteiger partial charge in [-0.25, -0.2) is 0 Å². The van der Waals surface area contributed by atoms with Crippen LogP contribution in [0.2, 0.25) is 0 Å². The van der Waals surface area contributed by atoms with E-state index in [2.05, 4.69) is 6.92 Å². The van der Waals surface area contributed by atoms with Gasteiger partial charge in [-0.3, -0.25) is 4.79 Å². The van der Waals surface area contributed by atoms with Crippen LogP contribution in [-0.2, 0) is 23.8 Å². The number of rotatable bonds is 4. The number of carbonyl (C=O) groups excluding carboxylic acids is 2. The molecule has 0 bridgehead atoms. The zero-order chi connectivity index (χ0) is 14.7. The summed E-state index contributed by atoms with van der Waals surface area (Å²) in [5, 5.41) is 0. The molecule has 20 heavy (non-hydrogen) atoms. The van der Waals surface area contributed by atoms with Crippen LogP contribution in [0, 0.1) is 11.8 Å². The van der Waals surface area contributed by atoms with Crippen molar-refractivity contribution in [1.29, 1.82) is 0 Å². The number of hydrogen-bond acceptors (Lipinski definition) is 5. The van der Waals surface area contributed by atoms with E-state index in [9.17, 15) is 9.59 Å². The summed E-state index contributed by atoms with van der Waals surface area (Å²) in [6.07, 6.45) is 2.29. The zero-order valence-corrected chi connectivity index (χ0v) is 12.4. The van der Waals surface area contributed by atoms with Gasteiger partial charge in [-0.2, -0.15) is 0 Å². The molecule has 2 rings (SSSR count). The second-order valence-corrected chi connectivity index (χ2v) is 5.80. The Balaban J connectivity index is 1.95. The highest BCUT2D eigenvalue weighted by molar-refractivity contribution is 5.69. The monoisotopic (exact) mass is 284 g/mol. The molecule has 0 saturated carbocycles. The van der Waals surface area contributed by atoms with Gasteiger partial charge in [0.2, 0.25) is 0 Å². The Bertz CT molecular complexity index is 354. The lowest BCUT2D eigenvalue weighted by Gasteiger charge is -2.47. The molecule has 0 unspecified atom stereocenters. The van der Waals surface area contributed by atoms with E-state index in [0.717, 1.165) is 19.1 Å². The molecule has 0 aliphatic carbocycles. The molecule has 0 aromatic heterocycles. The van der Waals surface area contributed by atoms with Gasteiger partial charge >= 0.3 is 5.97 Å². The fraction of sp³-hybridized carbons (Fsp3) is 0.867. The average Bonchev–Trinajstić information content (AvgIpc) is 2.43. The van der Waals surface area contributed by atoms with Crippen LogP contribution in [0.1, 0.15) is 40.0 Å². The smallest absolute Gasteiger partial charge is 0.308 e. The highest BCUT2D eigenvalue weighted by Gasteiger charge is 2.45. The third-order valence-electron chi connectivity index (χ3n) is 4.52. The number of fused-ring (bicyclic) bond motifs is 1. The second-order valence-electron chi connectivity index (χ2n) is 5.80. The van der Waals surface area contributed by atoms with Crippen molar-refractivity contribution in [2.45, 2.75) is 64.4 Å². The highest BCUT2D eigenvalue weighted by atomic mass is 16.6. The predicted molar refractivity (Wildman–Crippen MR) is 72.2 cm³/mol. The molecule has 0 aromatic carbocycles. The Kier molecular flexibility index (Phi) is 5.16. The molecular weight excluding hydrogens is 260 g/mol. The van der Waals surface area contributed by atoms with E-state index < -0.39 is 0 Å². The molecule has 0 radical (unpaired) electrons. The van der Waals surface area contributed by atoms with E-state index in [4.69, 9.17) is 14.2 Å². The van der Waals surface area contributed by atoms with Gasteiger partial charge in [-0.1, -0.05) is 13.8 Å². The normalized spacial score (nSPS) is 40.8. The van der Waals surface area contributed by atoms with Gasteiger partial charge in [0.15, 0.2) is 0 Å². The van der Waals surface area contributed by atoms with Crippen molar-refractivity contribution >= 4 is 12.3 Å². The molecule has 2 aliphatic heterocycles. The molecule has 5 nitrogen and oxygen atoms in total. The minimum atomic E-state index is -0.337. The van der Waals surface area contributed by atoms with Gasteiger partial charge in [0, 0.05) is 0 Å². The van der Waals surface area contributed by atoms with E-state index in [1.165, 1.54) is 0 Å². The number of esters is 1. The Morgan fingerprint density at radius 2 is 2.00 bits per heavy atom. The van der Waals surface area contributed by atoms with E-state index in [1.807, 2.05) is 6.92 Å². The summed E-state index contributed by atoms with van der Waals surface area (Å²) in [6.45, 7) is 6.30. The molecule has 0 N–H and O–H groups in total.